The third kappa shape index (κ3) is 4.70. The molecule has 0 aliphatic carbocycles. The van der Waals surface area contributed by atoms with Crippen molar-refractivity contribution < 1.29 is 23.1 Å². The summed E-state index contributed by atoms with van der Waals surface area (Å²) in [4.78, 5) is 24.8. The number of amides is 2. The van der Waals surface area contributed by atoms with Gasteiger partial charge in [0.25, 0.3) is 0 Å². The van der Waals surface area contributed by atoms with Gasteiger partial charge in [-0.25, -0.2) is 17.9 Å². The number of aryl methyl sites for hydroxylation is 1. The SMILES string of the molecule is Cc1ccc(S(=O)(=O)NCCNC(=O)N2CCC(C)(C(=O)O)C2)cc1. The van der Waals surface area contributed by atoms with E-state index in [2.05, 4.69) is 10.0 Å². The summed E-state index contributed by atoms with van der Waals surface area (Å²) in [6, 6.07) is 6.08. The van der Waals surface area contributed by atoms with Crippen molar-refractivity contribution in [1.29, 1.82) is 0 Å². The highest BCUT2D eigenvalue weighted by Gasteiger charge is 2.42. The summed E-state index contributed by atoms with van der Waals surface area (Å²) in [6.45, 7) is 4.15. The molecule has 8 nitrogen and oxygen atoms in total. The van der Waals surface area contributed by atoms with Gasteiger partial charge in [-0.05, 0) is 32.4 Å². The zero-order valence-electron chi connectivity index (χ0n) is 14.3. The van der Waals surface area contributed by atoms with Crippen molar-refractivity contribution in [3.05, 3.63) is 29.8 Å². The molecular formula is C16H23N3O5S. The number of carboxylic acid groups (broad SMARTS) is 1. The molecule has 1 aliphatic rings. The van der Waals surface area contributed by atoms with Crippen molar-refractivity contribution in [2.24, 2.45) is 5.41 Å². The number of likely N-dealkylation sites (tertiary alicyclic amines) is 1. The third-order valence-corrected chi connectivity index (χ3v) is 5.78. The highest BCUT2D eigenvalue weighted by molar-refractivity contribution is 7.89. The Labute approximate surface area is 147 Å². The van der Waals surface area contributed by atoms with E-state index in [0.29, 0.717) is 13.0 Å². The number of aliphatic carboxylic acids is 1. The van der Waals surface area contributed by atoms with Crippen LogP contribution in [0.1, 0.15) is 18.9 Å². The van der Waals surface area contributed by atoms with Crippen LogP contribution in [-0.4, -0.2) is 56.6 Å². The smallest absolute Gasteiger partial charge is 0.317 e. The van der Waals surface area contributed by atoms with Gasteiger partial charge in [-0.2, -0.15) is 0 Å². The second-order valence-corrected chi connectivity index (χ2v) is 8.25. The summed E-state index contributed by atoms with van der Waals surface area (Å²) in [5, 5.41) is 11.8. The van der Waals surface area contributed by atoms with Gasteiger partial charge in [0.2, 0.25) is 10.0 Å². The number of sulfonamides is 1. The maximum absolute atomic E-state index is 12.1. The van der Waals surface area contributed by atoms with Crippen LogP contribution < -0.4 is 10.0 Å². The van der Waals surface area contributed by atoms with Crippen molar-refractivity contribution in [2.75, 3.05) is 26.2 Å². The molecular weight excluding hydrogens is 346 g/mol. The van der Waals surface area contributed by atoms with Crippen LogP contribution >= 0.6 is 0 Å². The van der Waals surface area contributed by atoms with Crippen LogP contribution in [0.2, 0.25) is 0 Å². The second kappa shape index (κ2) is 7.40. The Hall–Kier alpha value is -2.13. The quantitative estimate of drug-likeness (QED) is 0.641. The topological polar surface area (TPSA) is 116 Å². The first-order chi connectivity index (χ1) is 11.6. The van der Waals surface area contributed by atoms with E-state index in [1.54, 1.807) is 19.1 Å². The summed E-state index contributed by atoms with van der Waals surface area (Å²) >= 11 is 0. The highest BCUT2D eigenvalue weighted by Crippen LogP contribution is 2.29. The molecule has 1 atom stereocenters. The summed E-state index contributed by atoms with van der Waals surface area (Å²) in [5.74, 6) is -0.923. The zero-order valence-corrected chi connectivity index (χ0v) is 15.1. The van der Waals surface area contributed by atoms with E-state index in [4.69, 9.17) is 5.11 Å². The highest BCUT2D eigenvalue weighted by atomic mass is 32.2. The number of hydrogen-bond donors (Lipinski definition) is 3. The fraction of sp³-hybridized carbons (Fsp3) is 0.500. The largest absolute Gasteiger partial charge is 0.481 e. The number of nitrogens with zero attached hydrogens (tertiary/aromatic N) is 1. The fourth-order valence-corrected chi connectivity index (χ4v) is 3.61. The molecule has 25 heavy (non-hydrogen) atoms. The van der Waals surface area contributed by atoms with E-state index >= 15 is 0 Å². The lowest BCUT2D eigenvalue weighted by Crippen LogP contribution is -2.43. The summed E-state index contributed by atoms with van der Waals surface area (Å²) < 4.78 is 26.6. The third-order valence-electron chi connectivity index (χ3n) is 4.30. The normalized spacial score (nSPS) is 20.5. The van der Waals surface area contributed by atoms with Gasteiger partial charge >= 0.3 is 12.0 Å². The van der Waals surface area contributed by atoms with Gasteiger partial charge in [-0.1, -0.05) is 17.7 Å². The molecule has 0 bridgehead atoms. The molecule has 1 aromatic rings. The minimum atomic E-state index is -3.62. The first kappa shape index (κ1) is 19.2. The van der Waals surface area contributed by atoms with Crippen LogP contribution in [0.4, 0.5) is 4.79 Å². The van der Waals surface area contributed by atoms with E-state index in [1.807, 2.05) is 6.92 Å². The minimum absolute atomic E-state index is 0.0476. The second-order valence-electron chi connectivity index (χ2n) is 6.48. The Balaban J connectivity index is 1.78. The first-order valence-electron chi connectivity index (χ1n) is 7.97. The van der Waals surface area contributed by atoms with Crippen molar-refractivity contribution in [3.63, 3.8) is 0 Å². The molecule has 1 unspecified atom stereocenters. The predicted octanol–water partition coefficient (Wildman–Crippen LogP) is 0.780. The Morgan fingerprint density at radius 2 is 1.88 bits per heavy atom. The summed E-state index contributed by atoms with van der Waals surface area (Å²) in [7, 11) is -3.62. The molecule has 0 radical (unpaired) electrons. The Kier molecular flexibility index (Phi) is 5.69. The number of nitrogens with one attached hydrogen (secondary N) is 2. The van der Waals surface area contributed by atoms with Crippen LogP contribution in [0, 0.1) is 12.3 Å². The molecule has 9 heteroatoms. The van der Waals surface area contributed by atoms with Crippen LogP contribution in [-0.2, 0) is 14.8 Å². The predicted molar refractivity (Wildman–Crippen MR) is 91.7 cm³/mol. The van der Waals surface area contributed by atoms with Crippen LogP contribution in [0.15, 0.2) is 29.2 Å². The lowest BCUT2D eigenvalue weighted by molar-refractivity contribution is -0.147. The van der Waals surface area contributed by atoms with Crippen LogP contribution in [0.3, 0.4) is 0 Å². The minimum Gasteiger partial charge on any atom is -0.481 e. The Bertz CT molecular complexity index is 748. The van der Waals surface area contributed by atoms with Crippen LogP contribution in [0.25, 0.3) is 0 Å². The van der Waals surface area contributed by atoms with Gasteiger partial charge < -0.3 is 15.3 Å². The number of urea groups is 1. The standard InChI is InChI=1S/C16H23N3O5S/c1-12-3-5-13(6-4-12)25(23,24)18-9-8-17-15(22)19-10-7-16(2,11-19)14(20)21/h3-6,18H,7-11H2,1-2H3,(H,17,22)(H,20,21). The molecule has 1 heterocycles. The summed E-state index contributed by atoms with van der Waals surface area (Å²) in [5.41, 5.74) is 0.0369. The average molecular weight is 369 g/mol. The Morgan fingerprint density at radius 1 is 1.24 bits per heavy atom. The maximum Gasteiger partial charge on any atom is 0.317 e. The van der Waals surface area contributed by atoms with Crippen molar-refractivity contribution in [3.8, 4) is 0 Å². The van der Waals surface area contributed by atoms with Gasteiger partial charge in [0.15, 0.2) is 0 Å². The number of rotatable bonds is 6. The molecule has 3 N–H and O–H groups in total. The number of carbonyl (C=O) groups excluding carboxylic acids is 1. The maximum atomic E-state index is 12.1. The van der Waals surface area contributed by atoms with E-state index in [9.17, 15) is 18.0 Å². The first-order valence-corrected chi connectivity index (χ1v) is 9.45. The van der Waals surface area contributed by atoms with Gasteiger partial charge in [-0.15, -0.1) is 0 Å². The van der Waals surface area contributed by atoms with E-state index < -0.39 is 21.4 Å². The number of carboxylic acids is 1. The van der Waals surface area contributed by atoms with Crippen LogP contribution in [0.5, 0.6) is 0 Å². The lowest BCUT2D eigenvalue weighted by Gasteiger charge is -2.20. The molecule has 138 valence electrons. The van der Waals surface area contributed by atoms with E-state index in [-0.39, 0.29) is 30.6 Å². The molecule has 2 rings (SSSR count). The van der Waals surface area contributed by atoms with E-state index in [0.717, 1.165) is 5.56 Å². The fourth-order valence-electron chi connectivity index (χ4n) is 2.58. The van der Waals surface area contributed by atoms with Gasteiger partial charge in [0.1, 0.15) is 0 Å². The molecule has 1 aliphatic heterocycles. The van der Waals surface area contributed by atoms with Crippen molar-refractivity contribution in [2.45, 2.75) is 25.2 Å². The number of benzene rings is 1. The molecule has 1 saturated heterocycles. The van der Waals surface area contributed by atoms with E-state index in [1.165, 1.54) is 17.0 Å². The number of carbonyl (C=O) groups is 2. The molecule has 2 amide bonds. The van der Waals surface area contributed by atoms with Gasteiger partial charge in [0.05, 0.1) is 10.3 Å². The zero-order chi connectivity index (χ0) is 18.7. The molecule has 0 spiro atoms. The van der Waals surface area contributed by atoms with Crippen molar-refractivity contribution in [1.82, 2.24) is 14.9 Å². The average Bonchev–Trinajstić information content (AvgIpc) is 2.96. The van der Waals surface area contributed by atoms with Gasteiger partial charge in [-0.3, -0.25) is 4.79 Å². The molecule has 0 saturated carbocycles. The van der Waals surface area contributed by atoms with Gasteiger partial charge in [0, 0.05) is 26.2 Å². The molecule has 0 aromatic heterocycles. The Morgan fingerprint density at radius 3 is 2.44 bits per heavy atom. The van der Waals surface area contributed by atoms with Crippen molar-refractivity contribution >= 4 is 22.0 Å². The lowest BCUT2D eigenvalue weighted by atomic mass is 9.90. The molecule has 1 aromatic carbocycles. The summed E-state index contributed by atoms with van der Waals surface area (Å²) in [6.07, 6.45) is 0.399. The number of hydrogen-bond acceptors (Lipinski definition) is 4. The monoisotopic (exact) mass is 369 g/mol. The molecule has 1 fully saturated rings.